The molecule has 2 N–H and O–H groups in total. The average molecular weight is 237 g/mol. The molecule has 0 aromatic carbocycles. The molecule has 0 aromatic heterocycles. The summed E-state index contributed by atoms with van der Waals surface area (Å²) >= 11 is 0. The van der Waals surface area contributed by atoms with Crippen LogP contribution in [0.3, 0.4) is 0 Å². The molecular weight excluding hydrogens is 214 g/mol. The van der Waals surface area contributed by atoms with Crippen LogP contribution in [0.2, 0.25) is 0 Å². The second-order valence-electron chi connectivity index (χ2n) is 5.78. The highest BCUT2D eigenvalue weighted by Crippen LogP contribution is 2.28. The zero-order chi connectivity index (χ0) is 11.7. The quantitative estimate of drug-likeness (QED) is 0.731. The summed E-state index contributed by atoms with van der Waals surface area (Å²) < 4.78 is 0. The molecule has 2 heterocycles. The van der Waals surface area contributed by atoms with E-state index in [2.05, 4.69) is 15.5 Å². The molecule has 3 rings (SSSR count). The van der Waals surface area contributed by atoms with E-state index in [0.717, 1.165) is 25.4 Å². The van der Waals surface area contributed by atoms with E-state index >= 15 is 0 Å². The lowest BCUT2D eigenvalue weighted by atomic mass is 10.1. The maximum atomic E-state index is 11.2. The lowest BCUT2D eigenvalue weighted by molar-refractivity contribution is -0.119. The first-order valence-corrected chi connectivity index (χ1v) is 7.08. The van der Waals surface area contributed by atoms with E-state index in [1.807, 2.05) is 0 Å². The predicted molar refractivity (Wildman–Crippen MR) is 66.8 cm³/mol. The summed E-state index contributed by atoms with van der Waals surface area (Å²) in [5.41, 5.74) is 0. The monoisotopic (exact) mass is 237 g/mol. The molecule has 17 heavy (non-hydrogen) atoms. The molecule has 1 saturated carbocycles. The number of amides is 1. The minimum atomic E-state index is 0.240. The molecule has 0 bridgehead atoms. The van der Waals surface area contributed by atoms with Crippen molar-refractivity contribution in [2.45, 2.75) is 56.7 Å². The average Bonchev–Trinajstić information content (AvgIpc) is 2.89. The fourth-order valence-electron chi connectivity index (χ4n) is 3.11. The zero-order valence-corrected chi connectivity index (χ0v) is 10.5. The molecule has 1 aliphatic carbocycles. The van der Waals surface area contributed by atoms with Gasteiger partial charge in [-0.05, 0) is 38.6 Å². The van der Waals surface area contributed by atoms with Crippen LogP contribution < -0.4 is 10.6 Å². The summed E-state index contributed by atoms with van der Waals surface area (Å²) in [4.78, 5) is 13.8. The van der Waals surface area contributed by atoms with E-state index in [4.69, 9.17) is 0 Å². The van der Waals surface area contributed by atoms with Crippen LogP contribution >= 0.6 is 0 Å². The van der Waals surface area contributed by atoms with Crippen molar-refractivity contribution in [1.82, 2.24) is 15.5 Å². The number of nitrogens with one attached hydrogen (secondary N) is 2. The Hall–Kier alpha value is -0.610. The van der Waals surface area contributed by atoms with Gasteiger partial charge in [0.15, 0.2) is 0 Å². The van der Waals surface area contributed by atoms with Gasteiger partial charge in [-0.3, -0.25) is 9.69 Å². The molecule has 2 atom stereocenters. The van der Waals surface area contributed by atoms with E-state index in [1.54, 1.807) is 0 Å². The molecule has 3 aliphatic rings. The Kier molecular flexibility index (Phi) is 3.34. The highest BCUT2D eigenvalue weighted by atomic mass is 16.1. The van der Waals surface area contributed by atoms with Crippen LogP contribution in [0, 0.1) is 0 Å². The molecule has 0 radical (unpaired) electrons. The molecule has 4 heteroatoms. The summed E-state index contributed by atoms with van der Waals surface area (Å²) in [6.45, 7) is 3.43. The Morgan fingerprint density at radius 2 is 1.94 bits per heavy atom. The lowest BCUT2D eigenvalue weighted by Crippen LogP contribution is -2.45. The van der Waals surface area contributed by atoms with Crippen molar-refractivity contribution in [3.8, 4) is 0 Å². The van der Waals surface area contributed by atoms with E-state index in [0.29, 0.717) is 12.1 Å². The summed E-state index contributed by atoms with van der Waals surface area (Å²) in [7, 11) is 0. The van der Waals surface area contributed by atoms with Crippen molar-refractivity contribution in [3.05, 3.63) is 0 Å². The number of rotatable bonds is 5. The van der Waals surface area contributed by atoms with Gasteiger partial charge in [-0.15, -0.1) is 0 Å². The molecule has 0 aromatic rings. The van der Waals surface area contributed by atoms with Crippen molar-refractivity contribution in [1.29, 1.82) is 0 Å². The van der Waals surface area contributed by atoms with Gasteiger partial charge < -0.3 is 10.6 Å². The normalized spacial score (nSPS) is 33.4. The molecule has 96 valence electrons. The van der Waals surface area contributed by atoms with Crippen LogP contribution in [-0.2, 0) is 4.79 Å². The molecule has 1 amide bonds. The minimum Gasteiger partial charge on any atom is -0.352 e. The third-order valence-corrected chi connectivity index (χ3v) is 4.22. The van der Waals surface area contributed by atoms with Crippen LogP contribution in [-0.4, -0.2) is 48.6 Å². The van der Waals surface area contributed by atoms with Gasteiger partial charge in [0.1, 0.15) is 0 Å². The Bertz CT molecular complexity index is 284. The third-order valence-electron chi connectivity index (χ3n) is 4.22. The van der Waals surface area contributed by atoms with Gasteiger partial charge in [0.25, 0.3) is 0 Å². The highest BCUT2D eigenvalue weighted by molar-refractivity contribution is 5.78. The largest absolute Gasteiger partial charge is 0.352 e. The molecule has 2 aliphatic heterocycles. The number of carbonyl (C=O) groups excluding carboxylic acids is 1. The Morgan fingerprint density at radius 3 is 2.53 bits per heavy atom. The summed E-state index contributed by atoms with van der Waals surface area (Å²) in [5, 5.41) is 6.67. The van der Waals surface area contributed by atoms with Crippen LogP contribution in [0.25, 0.3) is 0 Å². The number of nitrogens with zero attached hydrogens (tertiary/aromatic N) is 1. The molecule has 2 saturated heterocycles. The van der Waals surface area contributed by atoms with Crippen molar-refractivity contribution in [2.75, 3.05) is 19.6 Å². The van der Waals surface area contributed by atoms with Gasteiger partial charge in [-0.1, -0.05) is 0 Å². The SMILES string of the molecule is O=C1CCC(CN(CC2CCCN2)C2CC2)N1. The van der Waals surface area contributed by atoms with Gasteiger partial charge >= 0.3 is 0 Å². The second-order valence-corrected chi connectivity index (χ2v) is 5.78. The van der Waals surface area contributed by atoms with E-state index in [1.165, 1.54) is 38.8 Å². The van der Waals surface area contributed by atoms with Gasteiger partial charge in [-0.2, -0.15) is 0 Å². The maximum absolute atomic E-state index is 11.2. The first-order chi connectivity index (χ1) is 8.31. The van der Waals surface area contributed by atoms with Crippen molar-refractivity contribution in [2.24, 2.45) is 0 Å². The highest BCUT2D eigenvalue weighted by Gasteiger charge is 2.34. The Labute approximate surface area is 103 Å². The number of hydrogen-bond acceptors (Lipinski definition) is 3. The van der Waals surface area contributed by atoms with Crippen molar-refractivity contribution >= 4 is 5.91 Å². The Morgan fingerprint density at radius 1 is 1.12 bits per heavy atom. The van der Waals surface area contributed by atoms with E-state index < -0.39 is 0 Å². The predicted octanol–water partition coefficient (Wildman–Crippen LogP) is 0.481. The molecule has 4 nitrogen and oxygen atoms in total. The summed E-state index contributed by atoms with van der Waals surface area (Å²) in [5.74, 6) is 0.240. The lowest BCUT2D eigenvalue weighted by Gasteiger charge is -2.28. The van der Waals surface area contributed by atoms with Gasteiger partial charge in [0.05, 0.1) is 0 Å². The van der Waals surface area contributed by atoms with E-state index in [9.17, 15) is 4.79 Å². The van der Waals surface area contributed by atoms with Gasteiger partial charge in [-0.25, -0.2) is 0 Å². The fraction of sp³-hybridized carbons (Fsp3) is 0.923. The van der Waals surface area contributed by atoms with Crippen LogP contribution in [0.15, 0.2) is 0 Å². The third kappa shape index (κ3) is 2.99. The van der Waals surface area contributed by atoms with E-state index in [-0.39, 0.29) is 5.91 Å². The van der Waals surface area contributed by atoms with Crippen LogP contribution in [0.5, 0.6) is 0 Å². The number of hydrogen-bond donors (Lipinski definition) is 2. The molecule has 2 unspecified atom stereocenters. The van der Waals surface area contributed by atoms with Crippen LogP contribution in [0.1, 0.15) is 38.5 Å². The molecular formula is C13H23N3O. The fourth-order valence-corrected chi connectivity index (χ4v) is 3.11. The van der Waals surface area contributed by atoms with Gasteiger partial charge in [0.2, 0.25) is 5.91 Å². The maximum Gasteiger partial charge on any atom is 0.220 e. The smallest absolute Gasteiger partial charge is 0.220 e. The summed E-state index contributed by atoms with van der Waals surface area (Å²) in [6, 6.07) is 1.90. The molecule has 0 spiro atoms. The van der Waals surface area contributed by atoms with Crippen molar-refractivity contribution in [3.63, 3.8) is 0 Å². The second kappa shape index (κ2) is 4.94. The van der Waals surface area contributed by atoms with Crippen molar-refractivity contribution < 1.29 is 4.79 Å². The van der Waals surface area contributed by atoms with Crippen LogP contribution in [0.4, 0.5) is 0 Å². The number of carbonyl (C=O) groups is 1. The minimum absolute atomic E-state index is 0.240. The zero-order valence-electron chi connectivity index (χ0n) is 10.5. The molecule has 3 fully saturated rings. The van der Waals surface area contributed by atoms with Gasteiger partial charge in [0, 0.05) is 37.6 Å². The Balaban J connectivity index is 1.50. The first kappa shape index (κ1) is 11.5. The topological polar surface area (TPSA) is 44.4 Å². The standard InChI is InChI=1S/C13H23N3O/c17-13-6-3-11(15-13)9-16(12-4-5-12)8-10-2-1-7-14-10/h10-12,14H,1-9H2,(H,15,17). The first-order valence-electron chi connectivity index (χ1n) is 7.08. The summed E-state index contributed by atoms with van der Waals surface area (Å²) in [6.07, 6.45) is 7.11.